The first kappa shape index (κ1) is 31.3. The lowest BCUT2D eigenvalue weighted by Gasteiger charge is -2.39. The van der Waals surface area contributed by atoms with E-state index in [9.17, 15) is 20.1 Å². The Balaban J connectivity index is 1.14. The maximum Gasteiger partial charge on any atom is 0.226 e. The molecule has 4 N–H and O–H groups in total. The molecular weight excluding hydrogens is 564 g/mol. The predicted molar refractivity (Wildman–Crippen MR) is 144 cm³/mol. The minimum absolute atomic E-state index is 0.0479. The van der Waals surface area contributed by atoms with Gasteiger partial charge in [0, 0.05) is 19.6 Å². The number of hydrogen-bond donors (Lipinski definition) is 4. The fourth-order valence-electron chi connectivity index (χ4n) is 4.39. The smallest absolute Gasteiger partial charge is 0.226 e. The van der Waals surface area contributed by atoms with Gasteiger partial charge < -0.3 is 49.2 Å². The quantitative estimate of drug-likeness (QED) is 0.0923. The minimum Gasteiger partial charge on any atom is -0.394 e. The highest BCUT2D eigenvalue weighted by Crippen LogP contribution is 2.35. The van der Waals surface area contributed by atoms with Crippen LogP contribution in [0.3, 0.4) is 0 Å². The molecule has 0 aromatic carbocycles. The summed E-state index contributed by atoms with van der Waals surface area (Å²) >= 11 is 6.18. The molecule has 2 aliphatic rings. The van der Waals surface area contributed by atoms with Gasteiger partial charge in [0.1, 0.15) is 30.7 Å². The molecule has 0 saturated carbocycles. The van der Waals surface area contributed by atoms with Crippen LogP contribution in [0.1, 0.15) is 6.23 Å². The molecule has 1 amide bonds. The number of carbonyl (C=O) groups excluding carboxylic acids is 1. The van der Waals surface area contributed by atoms with E-state index in [1.165, 1.54) is 10.9 Å². The molecule has 0 unspecified atom stereocenters. The molecule has 2 fully saturated rings. The summed E-state index contributed by atoms with van der Waals surface area (Å²) in [6.07, 6.45) is 1.96. The average Bonchev–Trinajstić information content (AvgIpc) is 3.47. The first-order valence-electron chi connectivity index (χ1n) is 13.2. The molecule has 41 heavy (non-hydrogen) atoms. The van der Waals surface area contributed by atoms with Crippen LogP contribution in [-0.2, 0) is 28.5 Å². The Morgan fingerprint density at radius 2 is 1.73 bits per heavy atom. The van der Waals surface area contributed by atoms with Crippen molar-refractivity contribution in [1.82, 2.24) is 25.1 Å². The largest absolute Gasteiger partial charge is 0.394 e. The van der Waals surface area contributed by atoms with Gasteiger partial charge in [-0.2, -0.15) is 15.1 Å². The highest BCUT2D eigenvalue weighted by molar-refractivity contribution is 6.28. The third-order valence-corrected chi connectivity index (χ3v) is 6.73. The Bertz CT molecular complexity index is 1170. The number of hydrogen-bond acceptors (Lipinski definition) is 13. The van der Waals surface area contributed by atoms with Gasteiger partial charge in [-0.15, -0.1) is 6.42 Å². The molecule has 0 radical (unpaired) electrons. The zero-order chi connectivity index (χ0) is 29.2. The number of nitrogens with one attached hydrogen (secondary N) is 1. The Kier molecular flexibility index (Phi) is 11.9. The molecule has 4 heterocycles. The molecule has 0 bridgehead atoms. The second kappa shape index (κ2) is 15.5. The van der Waals surface area contributed by atoms with Crippen LogP contribution in [0.2, 0.25) is 5.28 Å². The van der Waals surface area contributed by atoms with Gasteiger partial charge in [0.05, 0.1) is 70.4 Å². The normalized spacial score (nSPS) is 22.7. The maximum absolute atomic E-state index is 12.5. The van der Waals surface area contributed by atoms with Crippen molar-refractivity contribution in [3.8, 4) is 12.3 Å². The van der Waals surface area contributed by atoms with E-state index in [1.54, 1.807) is 0 Å². The van der Waals surface area contributed by atoms with Gasteiger partial charge in [-0.1, -0.05) is 5.92 Å². The van der Waals surface area contributed by atoms with Crippen LogP contribution in [0.15, 0.2) is 6.20 Å². The van der Waals surface area contributed by atoms with Crippen LogP contribution in [-0.4, -0.2) is 138 Å². The highest BCUT2D eigenvalue weighted by atomic mass is 35.5. The summed E-state index contributed by atoms with van der Waals surface area (Å²) in [5.41, 5.74) is 0.294. The van der Waals surface area contributed by atoms with Crippen molar-refractivity contribution in [3.63, 3.8) is 0 Å². The van der Waals surface area contributed by atoms with Crippen molar-refractivity contribution in [3.05, 3.63) is 11.5 Å². The molecule has 0 spiro atoms. The third-order valence-electron chi connectivity index (χ3n) is 6.56. The molecule has 4 atom stereocenters. The van der Waals surface area contributed by atoms with Gasteiger partial charge in [-0.05, 0) is 11.6 Å². The molecule has 226 valence electrons. The molecule has 0 aliphatic carbocycles. The molecular formula is C25H35ClN6O9. The molecule has 2 aromatic heterocycles. The number of aliphatic hydroxyl groups excluding tert-OH is 3. The number of carbonyl (C=O) groups is 1. The van der Waals surface area contributed by atoms with E-state index >= 15 is 0 Å². The summed E-state index contributed by atoms with van der Waals surface area (Å²) in [6, 6.07) is 0. The molecule has 2 aromatic rings. The zero-order valence-corrected chi connectivity index (χ0v) is 23.2. The number of fused-ring (bicyclic) bond motifs is 1. The first-order valence-corrected chi connectivity index (χ1v) is 13.6. The van der Waals surface area contributed by atoms with Crippen molar-refractivity contribution >= 4 is 34.4 Å². The summed E-state index contributed by atoms with van der Waals surface area (Å²) in [4.78, 5) is 23.0. The van der Waals surface area contributed by atoms with Crippen LogP contribution >= 0.6 is 11.6 Å². The second-order valence-corrected chi connectivity index (χ2v) is 9.70. The van der Waals surface area contributed by atoms with Gasteiger partial charge >= 0.3 is 0 Å². The Hall–Kier alpha value is -2.65. The number of aromatic nitrogens is 4. The summed E-state index contributed by atoms with van der Waals surface area (Å²) < 4.78 is 28.2. The van der Waals surface area contributed by atoms with Gasteiger partial charge in [0.15, 0.2) is 11.9 Å². The lowest BCUT2D eigenvalue weighted by molar-refractivity contribution is -0.126. The van der Waals surface area contributed by atoms with Crippen LogP contribution in [0.25, 0.3) is 11.0 Å². The topological polar surface area (TPSA) is 183 Å². The fraction of sp³-hybridized carbons (Fsp3) is 0.680. The van der Waals surface area contributed by atoms with Crippen molar-refractivity contribution in [2.24, 2.45) is 5.92 Å². The Morgan fingerprint density at radius 3 is 2.37 bits per heavy atom. The number of terminal acetylenes is 1. The minimum atomic E-state index is -1.32. The van der Waals surface area contributed by atoms with E-state index in [0.29, 0.717) is 82.7 Å². The van der Waals surface area contributed by atoms with E-state index < -0.39 is 31.1 Å². The van der Waals surface area contributed by atoms with Crippen molar-refractivity contribution in [1.29, 1.82) is 0 Å². The Morgan fingerprint density at radius 1 is 1.07 bits per heavy atom. The van der Waals surface area contributed by atoms with E-state index in [2.05, 4.69) is 26.3 Å². The van der Waals surface area contributed by atoms with E-state index in [4.69, 9.17) is 41.7 Å². The zero-order valence-electron chi connectivity index (χ0n) is 22.4. The van der Waals surface area contributed by atoms with Gasteiger partial charge in [0.2, 0.25) is 11.2 Å². The maximum atomic E-state index is 12.5. The standard InChI is InChI=1S/C25H35ClN6O9/c1-2-4-37-6-8-39-10-11-40-9-7-38-5-3-27-23(36)16-13-31(14-16)21-17-12-28-32(22(17)30-25(26)29-21)24-20(35)19(34)18(15-33)41-24/h1,12,16,18-20,24,33-35H,3-11,13-15H2,(H,27,36)/t18-,19-,20-,24-/m1/s1. The predicted octanol–water partition coefficient (Wildman–Crippen LogP) is -1.66. The van der Waals surface area contributed by atoms with Crippen LogP contribution in [0, 0.1) is 18.3 Å². The molecule has 15 nitrogen and oxygen atoms in total. The second-order valence-electron chi connectivity index (χ2n) is 9.36. The fourth-order valence-corrected chi connectivity index (χ4v) is 4.55. The van der Waals surface area contributed by atoms with Crippen LogP contribution in [0.4, 0.5) is 5.82 Å². The molecule has 2 aliphatic heterocycles. The molecule has 2 saturated heterocycles. The van der Waals surface area contributed by atoms with Crippen molar-refractivity contribution < 1.29 is 43.8 Å². The van der Waals surface area contributed by atoms with Gasteiger partial charge in [-0.3, -0.25) is 4.79 Å². The van der Waals surface area contributed by atoms with Crippen molar-refractivity contribution in [2.75, 3.05) is 84.0 Å². The monoisotopic (exact) mass is 598 g/mol. The number of anilines is 1. The van der Waals surface area contributed by atoms with Crippen molar-refractivity contribution in [2.45, 2.75) is 24.5 Å². The van der Waals surface area contributed by atoms with Gasteiger partial charge in [-0.25, -0.2) is 4.68 Å². The number of amides is 1. The summed E-state index contributed by atoms with van der Waals surface area (Å²) in [5, 5.41) is 37.5. The number of aliphatic hydroxyl groups is 3. The first-order chi connectivity index (χ1) is 19.9. The highest BCUT2D eigenvalue weighted by Gasteiger charge is 2.45. The lowest BCUT2D eigenvalue weighted by atomic mass is 9.99. The summed E-state index contributed by atoms with van der Waals surface area (Å²) in [7, 11) is 0. The number of halogens is 1. The summed E-state index contributed by atoms with van der Waals surface area (Å²) in [6.45, 7) is 4.00. The lowest BCUT2D eigenvalue weighted by Crippen LogP contribution is -2.54. The van der Waals surface area contributed by atoms with E-state index in [-0.39, 0.29) is 23.7 Å². The van der Waals surface area contributed by atoms with Crippen LogP contribution in [0.5, 0.6) is 0 Å². The number of ether oxygens (including phenoxy) is 5. The van der Waals surface area contributed by atoms with Crippen LogP contribution < -0.4 is 10.2 Å². The third kappa shape index (κ3) is 8.01. The summed E-state index contributed by atoms with van der Waals surface area (Å²) in [5.74, 6) is 2.54. The van der Waals surface area contributed by atoms with E-state index in [1.807, 2.05) is 4.90 Å². The van der Waals surface area contributed by atoms with E-state index in [0.717, 1.165) is 0 Å². The molecule has 16 heteroatoms. The Labute approximate surface area is 241 Å². The number of nitrogens with zero attached hydrogens (tertiary/aromatic N) is 5. The van der Waals surface area contributed by atoms with Gasteiger partial charge in [0.25, 0.3) is 0 Å². The number of rotatable bonds is 17. The SMILES string of the molecule is C#CCOCCOCCOCCOCCNC(=O)C1CN(c2nc(Cl)nc3c2cnn3[C@@H]2O[C@H](CO)[C@@H](O)[C@H]2O)C1. The molecule has 4 rings (SSSR count). The average molecular weight is 599 g/mol.